The number of hydrogen-bond acceptors (Lipinski definition) is 3. The molecule has 0 aromatic rings. The summed E-state index contributed by atoms with van der Waals surface area (Å²) in [5.74, 6) is -1.50. The van der Waals surface area contributed by atoms with Crippen LogP contribution in [0.3, 0.4) is 0 Å². The Hall–Kier alpha value is -1.10. The fourth-order valence-electron chi connectivity index (χ4n) is 1.69. The summed E-state index contributed by atoms with van der Waals surface area (Å²) >= 11 is 0. The predicted molar refractivity (Wildman–Crippen MR) is 64.8 cm³/mol. The zero-order valence-electron chi connectivity index (χ0n) is 10.2. The summed E-state index contributed by atoms with van der Waals surface area (Å²) < 4.78 is 0. The van der Waals surface area contributed by atoms with Gasteiger partial charge in [0.1, 0.15) is 0 Å². The highest BCUT2D eigenvalue weighted by atomic mass is 16.4. The minimum absolute atomic E-state index is 0.119. The van der Waals surface area contributed by atoms with Crippen molar-refractivity contribution in [2.45, 2.75) is 63.8 Å². The Kier molecular flexibility index (Phi) is 9.43. The summed E-state index contributed by atoms with van der Waals surface area (Å²) in [6.45, 7) is 0. The maximum atomic E-state index is 10.3. The normalized spacial score (nSPS) is 12.3. The summed E-state index contributed by atoms with van der Waals surface area (Å²) in [5.41, 5.74) is 5.87. The highest BCUT2D eigenvalue weighted by Gasteiger charge is 2.04. The number of carboxylic acid groups (broad SMARTS) is 2. The number of carboxylic acids is 2. The van der Waals surface area contributed by atoms with Crippen molar-refractivity contribution in [3.05, 3.63) is 0 Å². The van der Waals surface area contributed by atoms with Crippen LogP contribution in [0, 0.1) is 0 Å². The van der Waals surface area contributed by atoms with E-state index in [-0.39, 0.29) is 18.9 Å². The Morgan fingerprint density at radius 3 is 1.71 bits per heavy atom. The second kappa shape index (κ2) is 10.1. The monoisotopic (exact) mass is 245 g/mol. The van der Waals surface area contributed by atoms with Gasteiger partial charge in [-0.2, -0.15) is 0 Å². The minimum Gasteiger partial charge on any atom is -0.481 e. The van der Waals surface area contributed by atoms with E-state index in [1.54, 1.807) is 0 Å². The van der Waals surface area contributed by atoms with Crippen LogP contribution in [0.5, 0.6) is 0 Å². The van der Waals surface area contributed by atoms with E-state index in [4.69, 9.17) is 15.9 Å². The summed E-state index contributed by atoms with van der Waals surface area (Å²) in [6.07, 6.45) is 6.28. The molecule has 0 rings (SSSR count). The topological polar surface area (TPSA) is 101 Å². The molecule has 5 nitrogen and oxygen atoms in total. The van der Waals surface area contributed by atoms with Crippen LogP contribution in [0.2, 0.25) is 0 Å². The van der Waals surface area contributed by atoms with Gasteiger partial charge in [0.15, 0.2) is 0 Å². The standard InChI is InChI=1S/C12H23NO4/c13-10(7-4-5-9-12(16)17)6-2-1-3-8-11(14)15/h10H,1-9,13H2,(H,14,15)(H,16,17). The van der Waals surface area contributed by atoms with Crippen molar-refractivity contribution in [2.24, 2.45) is 5.73 Å². The Labute approximate surface area is 102 Å². The third-order valence-corrected chi connectivity index (χ3v) is 2.68. The number of nitrogens with two attached hydrogens (primary N) is 1. The lowest BCUT2D eigenvalue weighted by atomic mass is 10.0. The Morgan fingerprint density at radius 2 is 1.24 bits per heavy atom. The molecule has 0 saturated carbocycles. The van der Waals surface area contributed by atoms with Crippen molar-refractivity contribution in [2.75, 3.05) is 0 Å². The Morgan fingerprint density at radius 1 is 0.824 bits per heavy atom. The smallest absolute Gasteiger partial charge is 0.303 e. The van der Waals surface area contributed by atoms with Gasteiger partial charge in [-0.15, -0.1) is 0 Å². The highest BCUT2D eigenvalue weighted by Crippen LogP contribution is 2.10. The van der Waals surface area contributed by atoms with Gasteiger partial charge in [-0.3, -0.25) is 9.59 Å². The quantitative estimate of drug-likeness (QED) is 0.483. The molecule has 4 N–H and O–H groups in total. The second-order valence-electron chi connectivity index (χ2n) is 4.39. The van der Waals surface area contributed by atoms with E-state index in [9.17, 15) is 9.59 Å². The van der Waals surface area contributed by atoms with Crippen LogP contribution in [-0.4, -0.2) is 28.2 Å². The average molecular weight is 245 g/mol. The lowest BCUT2D eigenvalue weighted by Gasteiger charge is -2.10. The first-order valence-electron chi connectivity index (χ1n) is 6.21. The fraction of sp³-hybridized carbons (Fsp3) is 0.833. The number of rotatable bonds is 11. The highest BCUT2D eigenvalue weighted by molar-refractivity contribution is 5.66. The molecule has 0 radical (unpaired) electrons. The molecule has 1 atom stereocenters. The zero-order chi connectivity index (χ0) is 13.1. The third kappa shape index (κ3) is 12.8. The molecule has 1 unspecified atom stereocenters. The van der Waals surface area contributed by atoms with E-state index in [1.807, 2.05) is 0 Å². The van der Waals surface area contributed by atoms with Crippen molar-refractivity contribution in [3.8, 4) is 0 Å². The van der Waals surface area contributed by atoms with Crippen molar-refractivity contribution in [1.82, 2.24) is 0 Å². The average Bonchev–Trinajstić information content (AvgIpc) is 2.23. The van der Waals surface area contributed by atoms with Gasteiger partial charge in [0.05, 0.1) is 0 Å². The SMILES string of the molecule is NC(CCCCCC(=O)O)CCCCC(=O)O. The lowest BCUT2D eigenvalue weighted by molar-refractivity contribution is -0.138. The minimum atomic E-state index is -0.757. The first-order chi connectivity index (χ1) is 8.02. The van der Waals surface area contributed by atoms with E-state index in [2.05, 4.69) is 0 Å². The Bertz CT molecular complexity index is 231. The number of unbranched alkanes of at least 4 members (excludes halogenated alkanes) is 3. The molecule has 0 heterocycles. The van der Waals surface area contributed by atoms with Crippen molar-refractivity contribution in [1.29, 1.82) is 0 Å². The van der Waals surface area contributed by atoms with Gasteiger partial charge in [-0.05, 0) is 25.7 Å². The first kappa shape index (κ1) is 15.9. The number of hydrogen-bond donors (Lipinski definition) is 3. The van der Waals surface area contributed by atoms with Gasteiger partial charge in [0, 0.05) is 18.9 Å². The molecule has 0 aliphatic heterocycles. The first-order valence-corrected chi connectivity index (χ1v) is 6.21. The molecule has 0 saturated heterocycles. The molecule has 0 fully saturated rings. The summed E-state index contributed by atoms with van der Waals surface area (Å²) in [6, 6.07) is 0.119. The van der Waals surface area contributed by atoms with Gasteiger partial charge in [-0.25, -0.2) is 0 Å². The van der Waals surface area contributed by atoms with Crippen molar-refractivity contribution >= 4 is 11.9 Å². The molecule has 0 amide bonds. The molecular weight excluding hydrogens is 222 g/mol. The summed E-state index contributed by atoms with van der Waals surface area (Å²) in [4.78, 5) is 20.5. The molecule has 0 aliphatic rings. The molecule has 0 aromatic heterocycles. The number of aliphatic carboxylic acids is 2. The molecular formula is C12H23NO4. The molecule has 0 aliphatic carbocycles. The van der Waals surface area contributed by atoms with Crippen LogP contribution >= 0.6 is 0 Å². The number of carbonyl (C=O) groups is 2. The zero-order valence-corrected chi connectivity index (χ0v) is 10.2. The van der Waals surface area contributed by atoms with E-state index in [1.165, 1.54) is 0 Å². The largest absolute Gasteiger partial charge is 0.481 e. The van der Waals surface area contributed by atoms with Crippen LogP contribution in [0.1, 0.15) is 57.8 Å². The van der Waals surface area contributed by atoms with Gasteiger partial charge < -0.3 is 15.9 Å². The maximum absolute atomic E-state index is 10.3. The van der Waals surface area contributed by atoms with Crippen molar-refractivity contribution < 1.29 is 19.8 Å². The lowest BCUT2D eigenvalue weighted by Crippen LogP contribution is -2.19. The molecule has 17 heavy (non-hydrogen) atoms. The molecule has 5 heteroatoms. The molecule has 0 spiro atoms. The van der Waals surface area contributed by atoms with Crippen LogP contribution in [0.4, 0.5) is 0 Å². The Balaban J connectivity index is 3.25. The fourth-order valence-corrected chi connectivity index (χ4v) is 1.69. The van der Waals surface area contributed by atoms with Gasteiger partial charge in [0.2, 0.25) is 0 Å². The third-order valence-electron chi connectivity index (χ3n) is 2.68. The van der Waals surface area contributed by atoms with E-state index < -0.39 is 11.9 Å². The van der Waals surface area contributed by atoms with Crippen LogP contribution in [0.25, 0.3) is 0 Å². The van der Waals surface area contributed by atoms with Gasteiger partial charge in [0.25, 0.3) is 0 Å². The maximum Gasteiger partial charge on any atom is 0.303 e. The molecule has 100 valence electrons. The predicted octanol–water partition coefficient (Wildman–Crippen LogP) is 1.99. The van der Waals surface area contributed by atoms with E-state index in [0.717, 1.165) is 32.1 Å². The molecule has 0 aromatic carbocycles. The van der Waals surface area contributed by atoms with Gasteiger partial charge >= 0.3 is 11.9 Å². The van der Waals surface area contributed by atoms with Crippen molar-refractivity contribution in [3.63, 3.8) is 0 Å². The van der Waals surface area contributed by atoms with Crippen LogP contribution < -0.4 is 5.73 Å². The van der Waals surface area contributed by atoms with Gasteiger partial charge in [-0.1, -0.05) is 19.3 Å². The molecule has 0 bridgehead atoms. The summed E-state index contributed by atoms with van der Waals surface area (Å²) in [5, 5.41) is 16.9. The van der Waals surface area contributed by atoms with E-state index in [0.29, 0.717) is 12.8 Å². The van der Waals surface area contributed by atoms with Crippen LogP contribution in [-0.2, 0) is 9.59 Å². The van der Waals surface area contributed by atoms with E-state index >= 15 is 0 Å². The summed E-state index contributed by atoms with van der Waals surface area (Å²) in [7, 11) is 0. The second-order valence-corrected chi connectivity index (χ2v) is 4.39. The van der Waals surface area contributed by atoms with Crippen LogP contribution in [0.15, 0.2) is 0 Å².